The Morgan fingerprint density at radius 1 is 1.19 bits per heavy atom. The Morgan fingerprint density at radius 2 is 1.89 bits per heavy atom. The molecule has 1 fully saturated rings. The second kappa shape index (κ2) is 8.10. The molecular weight excluding hydrogens is 428 g/mol. The van der Waals surface area contributed by atoms with Crippen LogP contribution in [0.1, 0.15) is 12.5 Å². The summed E-state index contributed by atoms with van der Waals surface area (Å²) < 4.78 is 11.8. The number of hydrogen-bond acceptors (Lipinski definition) is 4. The number of carbonyl (C=O) groups excluding carboxylic acids is 1. The number of amides is 1. The lowest BCUT2D eigenvalue weighted by atomic mass is 10.1. The van der Waals surface area contributed by atoms with Gasteiger partial charge in [-0.05, 0) is 55.0 Å². The molecule has 27 heavy (non-hydrogen) atoms. The zero-order valence-corrected chi connectivity index (χ0v) is 17.6. The van der Waals surface area contributed by atoms with Crippen LogP contribution in [0.2, 0.25) is 0 Å². The summed E-state index contributed by atoms with van der Waals surface area (Å²) in [5.41, 5.74) is 2.02. The third-order valence-electron chi connectivity index (χ3n) is 4.15. The van der Waals surface area contributed by atoms with Crippen LogP contribution in [0.4, 0.5) is 5.69 Å². The van der Waals surface area contributed by atoms with E-state index in [0.29, 0.717) is 28.9 Å². The van der Waals surface area contributed by atoms with Crippen molar-refractivity contribution in [2.45, 2.75) is 6.92 Å². The molecule has 2 aromatic rings. The number of hydrogen-bond donors (Lipinski definition) is 0. The molecule has 140 valence electrons. The summed E-state index contributed by atoms with van der Waals surface area (Å²) in [4.78, 5) is 16.3. The summed E-state index contributed by atoms with van der Waals surface area (Å²) in [6, 6.07) is 13.0. The standard InChI is InChI=1S/C20H19BrN2O3S/c1-4-26-18-12-15(21)13(11-17(18)25-3)10-16-19(24)23(20(27)22(16)2)14-8-6-5-7-9-14/h5-12H,4H2,1-3H3. The zero-order chi connectivity index (χ0) is 19.6. The predicted octanol–water partition coefficient (Wildman–Crippen LogP) is 4.46. The van der Waals surface area contributed by atoms with Gasteiger partial charge in [0.25, 0.3) is 5.91 Å². The van der Waals surface area contributed by atoms with E-state index in [4.69, 9.17) is 21.7 Å². The molecule has 0 atom stereocenters. The lowest BCUT2D eigenvalue weighted by Gasteiger charge is -2.16. The molecule has 1 amide bonds. The van der Waals surface area contributed by atoms with Gasteiger partial charge >= 0.3 is 0 Å². The number of rotatable bonds is 5. The first-order valence-electron chi connectivity index (χ1n) is 8.37. The molecule has 1 heterocycles. The first-order valence-corrected chi connectivity index (χ1v) is 9.57. The second-order valence-corrected chi connectivity index (χ2v) is 7.02. The first kappa shape index (κ1) is 19.4. The molecule has 0 aliphatic carbocycles. The Morgan fingerprint density at radius 3 is 2.52 bits per heavy atom. The fourth-order valence-corrected chi connectivity index (χ4v) is 3.52. The van der Waals surface area contributed by atoms with Gasteiger partial charge in [-0.25, -0.2) is 0 Å². The molecule has 1 aliphatic rings. The van der Waals surface area contributed by atoms with Crippen LogP contribution in [0.15, 0.2) is 52.6 Å². The van der Waals surface area contributed by atoms with Gasteiger partial charge < -0.3 is 14.4 Å². The largest absolute Gasteiger partial charge is 0.493 e. The highest BCUT2D eigenvalue weighted by Gasteiger charge is 2.36. The topological polar surface area (TPSA) is 42.0 Å². The molecule has 0 N–H and O–H groups in total. The predicted molar refractivity (Wildman–Crippen MR) is 114 cm³/mol. The number of likely N-dealkylation sites (N-methyl/N-ethyl adjacent to an activating group) is 1. The molecule has 3 rings (SSSR count). The zero-order valence-electron chi connectivity index (χ0n) is 15.2. The maximum Gasteiger partial charge on any atom is 0.281 e. The fourth-order valence-electron chi connectivity index (χ4n) is 2.80. The summed E-state index contributed by atoms with van der Waals surface area (Å²) in [5, 5.41) is 0.437. The van der Waals surface area contributed by atoms with Crippen molar-refractivity contribution in [1.29, 1.82) is 0 Å². The molecule has 5 nitrogen and oxygen atoms in total. The van der Waals surface area contributed by atoms with Gasteiger partial charge in [-0.1, -0.05) is 34.1 Å². The molecule has 0 saturated carbocycles. The number of methoxy groups -OCH3 is 1. The first-order chi connectivity index (χ1) is 13.0. The van der Waals surface area contributed by atoms with E-state index >= 15 is 0 Å². The van der Waals surface area contributed by atoms with Crippen molar-refractivity contribution in [1.82, 2.24) is 4.90 Å². The van der Waals surface area contributed by atoms with Crippen molar-refractivity contribution in [2.24, 2.45) is 0 Å². The van der Waals surface area contributed by atoms with Crippen molar-refractivity contribution in [2.75, 3.05) is 25.7 Å². The van der Waals surface area contributed by atoms with Crippen molar-refractivity contribution < 1.29 is 14.3 Å². The van der Waals surface area contributed by atoms with Gasteiger partial charge in [-0.15, -0.1) is 0 Å². The molecule has 0 bridgehead atoms. The van der Waals surface area contributed by atoms with Crippen LogP contribution in [0.5, 0.6) is 11.5 Å². The normalized spacial score (nSPS) is 15.6. The molecule has 0 radical (unpaired) electrons. The third-order valence-corrected chi connectivity index (χ3v) is 5.29. The van der Waals surface area contributed by atoms with Gasteiger partial charge in [0.2, 0.25) is 0 Å². The smallest absolute Gasteiger partial charge is 0.281 e. The molecule has 1 saturated heterocycles. The average molecular weight is 447 g/mol. The van der Waals surface area contributed by atoms with Gasteiger partial charge in [-0.2, -0.15) is 0 Å². The minimum absolute atomic E-state index is 0.173. The SMILES string of the molecule is CCOc1cc(Br)c(C=C2C(=O)N(c3ccccc3)C(=S)N2C)cc1OC. The van der Waals surface area contributed by atoms with E-state index in [-0.39, 0.29) is 5.91 Å². The number of halogens is 1. The molecular formula is C20H19BrN2O3S. The van der Waals surface area contributed by atoms with Crippen LogP contribution < -0.4 is 14.4 Å². The van der Waals surface area contributed by atoms with Crippen molar-refractivity contribution in [3.63, 3.8) is 0 Å². The minimum atomic E-state index is -0.173. The van der Waals surface area contributed by atoms with Crippen LogP contribution in [0.3, 0.4) is 0 Å². The number of nitrogens with zero attached hydrogens (tertiary/aromatic N) is 2. The van der Waals surface area contributed by atoms with Gasteiger partial charge in [0.1, 0.15) is 5.70 Å². The number of para-hydroxylation sites is 1. The maximum atomic E-state index is 13.0. The van der Waals surface area contributed by atoms with E-state index in [1.54, 1.807) is 25.1 Å². The number of benzene rings is 2. The lowest BCUT2D eigenvalue weighted by molar-refractivity contribution is -0.114. The number of ether oxygens (including phenoxy) is 2. The van der Waals surface area contributed by atoms with Crippen LogP contribution in [-0.4, -0.2) is 36.7 Å². The van der Waals surface area contributed by atoms with E-state index in [1.165, 1.54) is 4.90 Å². The van der Waals surface area contributed by atoms with Crippen molar-refractivity contribution in [3.8, 4) is 11.5 Å². The van der Waals surface area contributed by atoms with Gasteiger partial charge in [0, 0.05) is 11.5 Å². The Hall–Kier alpha value is -2.38. The van der Waals surface area contributed by atoms with Crippen LogP contribution in [-0.2, 0) is 4.79 Å². The molecule has 2 aromatic carbocycles. The van der Waals surface area contributed by atoms with Gasteiger partial charge in [0.15, 0.2) is 16.6 Å². The summed E-state index contributed by atoms with van der Waals surface area (Å²) in [6.45, 7) is 2.44. The quantitative estimate of drug-likeness (QED) is 0.500. The van der Waals surface area contributed by atoms with Crippen molar-refractivity contribution >= 4 is 50.9 Å². The Balaban J connectivity index is 2.02. The highest BCUT2D eigenvalue weighted by atomic mass is 79.9. The van der Waals surface area contributed by atoms with E-state index in [1.807, 2.05) is 49.4 Å². The molecule has 0 unspecified atom stereocenters. The molecule has 0 aromatic heterocycles. The minimum Gasteiger partial charge on any atom is -0.493 e. The Labute approximate surface area is 172 Å². The second-order valence-electron chi connectivity index (χ2n) is 5.80. The van der Waals surface area contributed by atoms with Crippen LogP contribution in [0, 0.1) is 0 Å². The van der Waals surface area contributed by atoms with Crippen molar-refractivity contribution in [3.05, 3.63) is 58.2 Å². The summed E-state index contributed by atoms with van der Waals surface area (Å²) in [6.07, 6.45) is 1.79. The number of anilines is 1. The average Bonchev–Trinajstić information content (AvgIpc) is 2.88. The van der Waals surface area contributed by atoms with Crippen LogP contribution >= 0.6 is 28.1 Å². The summed E-state index contributed by atoms with van der Waals surface area (Å²) in [5.74, 6) is 1.07. The third kappa shape index (κ3) is 3.70. The maximum absolute atomic E-state index is 13.0. The van der Waals surface area contributed by atoms with E-state index < -0.39 is 0 Å². The lowest BCUT2D eigenvalue weighted by Crippen LogP contribution is -2.30. The molecule has 1 aliphatic heterocycles. The number of carbonyl (C=O) groups is 1. The number of thiocarbonyl (C=S) groups is 1. The molecule has 0 spiro atoms. The Kier molecular flexibility index (Phi) is 5.82. The van der Waals surface area contributed by atoms with Gasteiger partial charge in [0.05, 0.1) is 19.4 Å². The van der Waals surface area contributed by atoms with E-state index in [2.05, 4.69) is 15.9 Å². The van der Waals surface area contributed by atoms with E-state index in [9.17, 15) is 4.79 Å². The fraction of sp³-hybridized carbons (Fsp3) is 0.200. The van der Waals surface area contributed by atoms with Gasteiger partial charge in [-0.3, -0.25) is 9.69 Å². The highest BCUT2D eigenvalue weighted by molar-refractivity contribution is 9.10. The van der Waals surface area contributed by atoms with E-state index in [0.717, 1.165) is 15.7 Å². The summed E-state index contributed by atoms with van der Waals surface area (Å²) >= 11 is 9.03. The Bertz CT molecular complexity index is 915. The monoisotopic (exact) mass is 446 g/mol. The van der Waals surface area contributed by atoms with Crippen LogP contribution in [0.25, 0.3) is 6.08 Å². The summed E-state index contributed by atoms with van der Waals surface area (Å²) in [7, 11) is 3.37. The molecule has 7 heteroatoms. The highest BCUT2D eigenvalue weighted by Crippen LogP contribution is 2.36.